The number of carbonyl (C=O) groups is 1. The summed E-state index contributed by atoms with van der Waals surface area (Å²) in [5, 5.41) is 8.93. The number of carboxylic acid groups (broad SMARTS) is 1. The molecular weight excluding hydrogens is 233 g/mol. The maximum Gasteiger partial charge on any atom is 0.392 e. The molecule has 0 aliphatic carbocycles. The number of rotatable bonds is 3. The lowest BCUT2D eigenvalue weighted by molar-refractivity contribution is -0.183. The molecule has 0 aromatic heterocycles. The van der Waals surface area contributed by atoms with E-state index in [4.69, 9.17) is 5.11 Å². The van der Waals surface area contributed by atoms with Gasteiger partial charge in [-0.15, -0.1) is 0 Å². The minimum absolute atomic E-state index is 0.174. The fourth-order valence-electron chi connectivity index (χ4n) is 1.61. The third-order valence-electron chi connectivity index (χ3n) is 2.72. The van der Waals surface area contributed by atoms with E-state index in [2.05, 4.69) is 0 Å². The Labute approximate surface area is 97.1 Å². The molecule has 0 aliphatic heterocycles. The fourth-order valence-corrected chi connectivity index (χ4v) is 1.61. The van der Waals surface area contributed by atoms with Crippen molar-refractivity contribution < 1.29 is 23.1 Å². The van der Waals surface area contributed by atoms with E-state index in [1.807, 2.05) is 0 Å². The van der Waals surface area contributed by atoms with Gasteiger partial charge in [-0.2, -0.15) is 13.2 Å². The van der Waals surface area contributed by atoms with E-state index in [-0.39, 0.29) is 5.56 Å². The van der Waals surface area contributed by atoms with E-state index in [1.54, 1.807) is 19.1 Å². The Bertz CT molecular complexity index is 395. The number of benzene rings is 1. The van der Waals surface area contributed by atoms with Gasteiger partial charge in [0.15, 0.2) is 0 Å². The van der Waals surface area contributed by atoms with Gasteiger partial charge >= 0.3 is 12.1 Å². The van der Waals surface area contributed by atoms with Crippen LogP contribution in [0.15, 0.2) is 24.3 Å². The lowest BCUT2D eigenvalue weighted by Crippen LogP contribution is -2.31. The van der Waals surface area contributed by atoms with Crippen molar-refractivity contribution in [1.29, 1.82) is 0 Å². The molecule has 0 heterocycles. The first-order valence-electron chi connectivity index (χ1n) is 5.09. The van der Waals surface area contributed by atoms with E-state index in [0.717, 1.165) is 12.5 Å². The van der Waals surface area contributed by atoms with Crippen molar-refractivity contribution in [3.05, 3.63) is 35.4 Å². The lowest BCUT2D eigenvalue weighted by Gasteiger charge is -2.23. The van der Waals surface area contributed by atoms with Gasteiger partial charge in [-0.1, -0.05) is 36.8 Å². The van der Waals surface area contributed by atoms with Crippen LogP contribution >= 0.6 is 0 Å². The number of alkyl halides is 3. The highest BCUT2D eigenvalue weighted by Gasteiger charge is 2.44. The average molecular weight is 246 g/mol. The van der Waals surface area contributed by atoms with Crippen molar-refractivity contribution in [2.75, 3.05) is 0 Å². The Morgan fingerprint density at radius 1 is 1.24 bits per heavy atom. The Morgan fingerprint density at radius 3 is 2.06 bits per heavy atom. The predicted octanol–water partition coefficient (Wildman–Crippen LogP) is 3.36. The van der Waals surface area contributed by atoms with Crippen LogP contribution in [0.3, 0.4) is 0 Å². The topological polar surface area (TPSA) is 37.3 Å². The first kappa shape index (κ1) is 13.5. The second-order valence-corrected chi connectivity index (χ2v) is 4.06. The molecular formula is C12H13F3O2. The van der Waals surface area contributed by atoms with Gasteiger partial charge in [-0.3, -0.25) is 4.79 Å². The van der Waals surface area contributed by atoms with Crippen molar-refractivity contribution in [1.82, 2.24) is 0 Å². The van der Waals surface area contributed by atoms with Crippen molar-refractivity contribution in [3.8, 4) is 0 Å². The zero-order valence-electron chi connectivity index (χ0n) is 9.45. The molecule has 1 rings (SSSR count). The molecule has 17 heavy (non-hydrogen) atoms. The Balaban J connectivity index is 3.10. The summed E-state index contributed by atoms with van der Waals surface area (Å²) in [5.41, 5.74) is 1.05. The average Bonchev–Trinajstić information content (AvgIpc) is 2.19. The summed E-state index contributed by atoms with van der Waals surface area (Å²) in [6.45, 7) is 2.67. The third-order valence-corrected chi connectivity index (χ3v) is 2.72. The van der Waals surface area contributed by atoms with E-state index < -0.39 is 24.0 Å². The van der Waals surface area contributed by atoms with Crippen molar-refractivity contribution in [2.45, 2.75) is 25.9 Å². The minimum atomic E-state index is -4.52. The maximum atomic E-state index is 12.6. The maximum absolute atomic E-state index is 12.6. The zero-order valence-corrected chi connectivity index (χ0v) is 9.45. The fraction of sp³-hybridized carbons (Fsp3) is 0.417. The minimum Gasteiger partial charge on any atom is -0.481 e. The quantitative estimate of drug-likeness (QED) is 0.887. The molecule has 1 aromatic rings. The second kappa shape index (κ2) is 4.77. The smallest absolute Gasteiger partial charge is 0.392 e. The van der Waals surface area contributed by atoms with Gasteiger partial charge in [-0.05, 0) is 12.5 Å². The molecule has 5 heteroatoms. The normalized spacial score (nSPS) is 15.4. The van der Waals surface area contributed by atoms with Crippen molar-refractivity contribution in [2.24, 2.45) is 5.92 Å². The van der Waals surface area contributed by atoms with Gasteiger partial charge in [0.2, 0.25) is 0 Å². The molecule has 1 aromatic carbocycles. The number of hydrogen-bond donors (Lipinski definition) is 1. The summed E-state index contributed by atoms with van der Waals surface area (Å²) in [4.78, 5) is 11.0. The number of halogens is 3. The Kier molecular flexibility index (Phi) is 3.80. The molecule has 0 radical (unpaired) electrons. The van der Waals surface area contributed by atoms with Gasteiger partial charge in [-0.25, -0.2) is 0 Å². The van der Waals surface area contributed by atoms with Crippen molar-refractivity contribution in [3.63, 3.8) is 0 Å². The van der Waals surface area contributed by atoms with Crippen LogP contribution in [-0.2, 0) is 4.79 Å². The molecule has 0 bridgehead atoms. The monoisotopic (exact) mass is 246 g/mol. The van der Waals surface area contributed by atoms with E-state index >= 15 is 0 Å². The Hall–Kier alpha value is -1.52. The summed E-state index contributed by atoms with van der Waals surface area (Å²) >= 11 is 0. The van der Waals surface area contributed by atoms with E-state index in [1.165, 1.54) is 12.1 Å². The van der Waals surface area contributed by atoms with Crippen LogP contribution in [-0.4, -0.2) is 17.3 Å². The summed E-state index contributed by atoms with van der Waals surface area (Å²) in [6, 6.07) is 6.06. The first-order chi connectivity index (χ1) is 7.73. The SMILES string of the molecule is Cc1ccc(C(C(=O)O)[C@@H](C)C(F)(F)F)cc1. The van der Waals surface area contributed by atoms with Crippen LogP contribution in [0.25, 0.3) is 0 Å². The van der Waals surface area contributed by atoms with Crippen LogP contribution in [0.5, 0.6) is 0 Å². The summed E-state index contributed by atoms with van der Waals surface area (Å²) < 4.78 is 37.7. The van der Waals surface area contributed by atoms with Crippen LogP contribution in [0.1, 0.15) is 24.0 Å². The van der Waals surface area contributed by atoms with Crippen LogP contribution < -0.4 is 0 Å². The molecule has 0 amide bonds. The van der Waals surface area contributed by atoms with Gasteiger partial charge < -0.3 is 5.11 Å². The largest absolute Gasteiger partial charge is 0.481 e. The molecule has 2 atom stereocenters. The predicted molar refractivity (Wildman–Crippen MR) is 56.8 cm³/mol. The molecule has 1 unspecified atom stereocenters. The number of aliphatic carboxylic acids is 1. The number of aryl methyl sites for hydroxylation is 1. The number of hydrogen-bond acceptors (Lipinski definition) is 1. The van der Waals surface area contributed by atoms with E-state index in [0.29, 0.717) is 0 Å². The highest BCUT2D eigenvalue weighted by atomic mass is 19.4. The first-order valence-corrected chi connectivity index (χ1v) is 5.09. The van der Waals surface area contributed by atoms with Crippen molar-refractivity contribution >= 4 is 5.97 Å². The molecule has 2 nitrogen and oxygen atoms in total. The number of carboxylic acids is 1. The van der Waals surface area contributed by atoms with E-state index in [9.17, 15) is 18.0 Å². The van der Waals surface area contributed by atoms with Crippen LogP contribution in [0.4, 0.5) is 13.2 Å². The standard InChI is InChI=1S/C12H13F3O2/c1-7-3-5-9(6-4-7)10(11(16)17)8(2)12(13,14)15/h3-6,8,10H,1-2H3,(H,16,17)/t8-,10?/m1/s1. The molecule has 0 saturated carbocycles. The highest BCUT2D eigenvalue weighted by molar-refractivity contribution is 5.76. The molecule has 0 fully saturated rings. The summed E-state index contributed by atoms with van der Waals surface area (Å²) in [7, 11) is 0. The molecule has 0 saturated heterocycles. The van der Waals surface area contributed by atoms with Crippen LogP contribution in [0.2, 0.25) is 0 Å². The molecule has 0 spiro atoms. The lowest BCUT2D eigenvalue weighted by atomic mass is 9.86. The molecule has 1 N–H and O–H groups in total. The second-order valence-electron chi connectivity index (χ2n) is 4.06. The summed E-state index contributed by atoms with van der Waals surface area (Å²) in [5.74, 6) is -4.93. The van der Waals surface area contributed by atoms with Gasteiger partial charge in [0, 0.05) is 0 Å². The molecule has 94 valence electrons. The van der Waals surface area contributed by atoms with Gasteiger partial charge in [0.25, 0.3) is 0 Å². The third kappa shape index (κ3) is 3.22. The summed E-state index contributed by atoms with van der Waals surface area (Å²) in [6.07, 6.45) is -4.52. The zero-order chi connectivity index (χ0) is 13.2. The highest BCUT2D eigenvalue weighted by Crippen LogP contribution is 2.37. The van der Waals surface area contributed by atoms with Crippen LogP contribution in [0, 0.1) is 12.8 Å². The Morgan fingerprint density at radius 2 is 1.71 bits per heavy atom. The van der Waals surface area contributed by atoms with Gasteiger partial charge in [0.05, 0.1) is 11.8 Å². The molecule has 0 aliphatic rings. The van der Waals surface area contributed by atoms with Gasteiger partial charge in [0.1, 0.15) is 0 Å².